The monoisotopic (exact) mass is 239 g/mol. The van der Waals surface area contributed by atoms with E-state index in [1.54, 1.807) is 0 Å². The van der Waals surface area contributed by atoms with Crippen LogP contribution in [0.2, 0.25) is 0 Å². The molecule has 0 bridgehead atoms. The first-order valence-corrected chi connectivity index (χ1v) is 7.35. The van der Waals surface area contributed by atoms with E-state index in [4.69, 9.17) is 0 Å². The number of aryl methyl sites for hydroxylation is 1. The Balaban J connectivity index is 1.81. The van der Waals surface area contributed by atoms with Crippen molar-refractivity contribution in [1.82, 2.24) is 14.9 Å². The van der Waals surface area contributed by atoms with E-state index in [0.717, 1.165) is 13.1 Å². The number of rotatable bonds is 5. The van der Waals surface area contributed by atoms with Gasteiger partial charge in [0.1, 0.15) is 0 Å². The van der Waals surface area contributed by atoms with E-state index >= 15 is 0 Å². The minimum Gasteiger partial charge on any atom is -0.333 e. The van der Waals surface area contributed by atoms with Crippen LogP contribution >= 0.6 is 11.8 Å². The van der Waals surface area contributed by atoms with Gasteiger partial charge in [-0.2, -0.15) is 11.8 Å². The lowest BCUT2D eigenvalue weighted by atomic mass is 10.1. The molecule has 16 heavy (non-hydrogen) atoms. The van der Waals surface area contributed by atoms with Crippen molar-refractivity contribution in [3.8, 4) is 0 Å². The highest BCUT2D eigenvalue weighted by atomic mass is 32.2. The van der Waals surface area contributed by atoms with Gasteiger partial charge in [-0.25, -0.2) is 4.98 Å². The fourth-order valence-corrected chi connectivity index (χ4v) is 3.19. The first kappa shape index (κ1) is 12.0. The highest BCUT2D eigenvalue weighted by Gasteiger charge is 2.13. The Bertz CT molecular complexity index is 305. The molecule has 4 heteroatoms. The number of imidazole rings is 1. The van der Waals surface area contributed by atoms with Gasteiger partial charge in [-0.3, -0.25) is 0 Å². The number of aromatic nitrogens is 2. The minimum atomic E-state index is 0.714. The van der Waals surface area contributed by atoms with Crippen LogP contribution in [0.3, 0.4) is 0 Å². The van der Waals surface area contributed by atoms with E-state index < -0.39 is 0 Å². The molecule has 0 atom stereocenters. The first-order chi connectivity index (χ1) is 7.90. The standard InChI is InChI=1S/C12H21N3S/c1-2-5-15-10-13-8-12(15)9-14-11-3-6-16-7-4-11/h8,10-11,14H,2-7,9H2,1H3. The zero-order valence-corrected chi connectivity index (χ0v) is 10.8. The van der Waals surface area contributed by atoms with E-state index in [0.29, 0.717) is 6.04 Å². The van der Waals surface area contributed by atoms with Crippen molar-refractivity contribution in [3.63, 3.8) is 0 Å². The molecular formula is C12H21N3S. The van der Waals surface area contributed by atoms with Crippen LogP contribution in [0.5, 0.6) is 0 Å². The number of nitrogens with zero attached hydrogens (tertiary/aromatic N) is 2. The Kier molecular flexibility index (Phi) is 4.72. The molecule has 0 spiro atoms. The number of thioether (sulfide) groups is 1. The van der Waals surface area contributed by atoms with Gasteiger partial charge in [0, 0.05) is 25.3 Å². The number of hydrogen-bond donors (Lipinski definition) is 1. The maximum atomic E-state index is 4.22. The summed E-state index contributed by atoms with van der Waals surface area (Å²) in [5, 5.41) is 3.65. The van der Waals surface area contributed by atoms with Crippen LogP contribution < -0.4 is 5.32 Å². The lowest BCUT2D eigenvalue weighted by Crippen LogP contribution is -2.32. The molecule has 1 N–H and O–H groups in total. The van der Waals surface area contributed by atoms with E-state index in [2.05, 4.69) is 33.6 Å². The lowest BCUT2D eigenvalue weighted by molar-refractivity contribution is 0.469. The van der Waals surface area contributed by atoms with Gasteiger partial charge in [0.05, 0.1) is 12.0 Å². The van der Waals surface area contributed by atoms with Crippen molar-refractivity contribution in [2.24, 2.45) is 0 Å². The molecule has 0 radical (unpaired) electrons. The maximum Gasteiger partial charge on any atom is 0.0948 e. The maximum absolute atomic E-state index is 4.22. The van der Waals surface area contributed by atoms with Crippen molar-refractivity contribution < 1.29 is 0 Å². The molecular weight excluding hydrogens is 218 g/mol. The van der Waals surface area contributed by atoms with Crippen molar-refractivity contribution in [2.75, 3.05) is 11.5 Å². The van der Waals surface area contributed by atoms with Gasteiger partial charge in [0.25, 0.3) is 0 Å². The van der Waals surface area contributed by atoms with Crippen LogP contribution in [0.4, 0.5) is 0 Å². The summed E-state index contributed by atoms with van der Waals surface area (Å²) in [6.07, 6.45) is 7.72. The highest BCUT2D eigenvalue weighted by molar-refractivity contribution is 7.99. The third-order valence-electron chi connectivity index (χ3n) is 3.06. The zero-order valence-electron chi connectivity index (χ0n) is 9.98. The molecule has 1 saturated heterocycles. The Morgan fingerprint density at radius 2 is 2.31 bits per heavy atom. The first-order valence-electron chi connectivity index (χ1n) is 6.20. The van der Waals surface area contributed by atoms with E-state index in [1.807, 2.05) is 12.5 Å². The predicted molar refractivity (Wildman–Crippen MR) is 69.7 cm³/mol. The second-order valence-electron chi connectivity index (χ2n) is 4.35. The van der Waals surface area contributed by atoms with Gasteiger partial charge in [-0.1, -0.05) is 6.92 Å². The summed E-state index contributed by atoms with van der Waals surface area (Å²) >= 11 is 2.08. The molecule has 90 valence electrons. The molecule has 3 nitrogen and oxygen atoms in total. The summed E-state index contributed by atoms with van der Waals surface area (Å²) in [5.74, 6) is 2.62. The summed E-state index contributed by atoms with van der Waals surface area (Å²) in [7, 11) is 0. The van der Waals surface area contributed by atoms with Crippen molar-refractivity contribution in [3.05, 3.63) is 18.2 Å². The van der Waals surface area contributed by atoms with Gasteiger partial charge in [-0.15, -0.1) is 0 Å². The number of nitrogens with one attached hydrogen (secondary N) is 1. The zero-order chi connectivity index (χ0) is 11.2. The van der Waals surface area contributed by atoms with Crippen LogP contribution in [-0.2, 0) is 13.1 Å². The molecule has 1 aliphatic rings. The van der Waals surface area contributed by atoms with E-state index in [1.165, 1.54) is 36.5 Å². The van der Waals surface area contributed by atoms with Crippen molar-refractivity contribution >= 4 is 11.8 Å². The van der Waals surface area contributed by atoms with Gasteiger partial charge in [0.2, 0.25) is 0 Å². The van der Waals surface area contributed by atoms with E-state index in [9.17, 15) is 0 Å². The number of hydrogen-bond acceptors (Lipinski definition) is 3. The largest absolute Gasteiger partial charge is 0.333 e. The summed E-state index contributed by atoms with van der Waals surface area (Å²) < 4.78 is 2.25. The van der Waals surface area contributed by atoms with Gasteiger partial charge >= 0.3 is 0 Å². The third kappa shape index (κ3) is 3.25. The summed E-state index contributed by atoms with van der Waals surface area (Å²) in [5.41, 5.74) is 1.32. The molecule has 0 amide bonds. The van der Waals surface area contributed by atoms with Crippen LogP contribution in [0.15, 0.2) is 12.5 Å². The molecule has 1 aromatic heterocycles. The van der Waals surface area contributed by atoms with Crippen LogP contribution in [0.25, 0.3) is 0 Å². The Hall–Kier alpha value is -0.480. The van der Waals surface area contributed by atoms with Gasteiger partial charge in [-0.05, 0) is 30.8 Å². The summed E-state index contributed by atoms with van der Waals surface area (Å²) in [4.78, 5) is 4.22. The Morgan fingerprint density at radius 1 is 1.50 bits per heavy atom. The van der Waals surface area contributed by atoms with E-state index in [-0.39, 0.29) is 0 Å². The molecule has 0 aliphatic carbocycles. The summed E-state index contributed by atoms with van der Waals surface area (Å²) in [6.45, 7) is 4.25. The second kappa shape index (κ2) is 6.30. The average molecular weight is 239 g/mol. The summed E-state index contributed by atoms with van der Waals surface area (Å²) in [6, 6.07) is 0.714. The molecule has 0 aromatic carbocycles. The Morgan fingerprint density at radius 3 is 3.06 bits per heavy atom. The van der Waals surface area contributed by atoms with Crippen LogP contribution in [0, 0.1) is 0 Å². The highest BCUT2D eigenvalue weighted by Crippen LogP contribution is 2.17. The third-order valence-corrected chi connectivity index (χ3v) is 4.10. The SMILES string of the molecule is CCCn1cncc1CNC1CCSCC1. The topological polar surface area (TPSA) is 29.9 Å². The van der Waals surface area contributed by atoms with Crippen LogP contribution in [0.1, 0.15) is 31.9 Å². The Labute approximate surface area is 102 Å². The average Bonchev–Trinajstić information content (AvgIpc) is 2.76. The molecule has 0 unspecified atom stereocenters. The fraction of sp³-hybridized carbons (Fsp3) is 0.750. The second-order valence-corrected chi connectivity index (χ2v) is 5.57. The molecule has 0 saturated carbocycles. The minimum absolute atomic E-state index is 0.714. The lowest BCUT2D eigenvalue weighted by Gasteiger charge is -2.22. The van der Waals surface area contributed by atoms with Gasteiger partial charge < -0.3 is 9.88 Å². The van der Waals surface area contributed by atoms with Gasteiger partial charge in [0.15, 0.2) is 0 Å². The fourth-order valence-electron chi connectivity index (χ4n) is 2.09. The normalized spacial score (nSPS) is 17.8. The van der Waals surface area contributed by atoms with Crippen molar-refractivity contribution in [2.45, 2.75) is 45.3 Å². The molecule has 1 aromatic rings. The quantitative estimate of drug-likeness (QED) is 0.855. The molecule has 2 rings (SSSR count). The van der Waals surface area contributed by atoms with Crippen LogP contribution in [-0.4, -0.2) is 27.1 Å². The molecule has 2 heterocycles. The smallest absolute Gasteiger partial charge is 0.0948 e. The molecule has 1 fully saturated rings. The molecule has 1 aliphatic heterocycles. The van der Waals surface area contributed by atoms with Crippen molar-refractivity contribution in [1.29, 1.82) is 0 Å². The predicted octanol–water partition coefficient (Wildman–Crippen LogP) is 2.28.